The van der Waals surface area contributed by atoms with Crippen molar-refractivity contribution < 1.29 is 0 Å². The van der Waals surface area contributed by atoms with Gasteiger partial charge in [0.15, 0.2) is 8.68 Å². The molecule has 0 spiro atoms. The van der Waals surface area contributed by atoms with Crippen molar-refractivity contribution in [2.45, 2.75) is 20.2 Å². The number of fused-ring (bicyclic) bond motifs is 1. The first-order valence-electron chi connectivity index (χ1n) is 8.08. The first kappa shape index (κ1) is 17.9. The van der Waals surface area contributed by atoms with Crippen LogP contribution in [-0.4, -0.2) is 10.2 Å². The van der Waals surface area contributed by atoms with Gasteiger partial charge in [0.1, 0.15) is 0 Å². The average Bonchev–Trinajstić information content (AvgIpc) is 3.14. The fourth-order valence-corrected chi connectivity index (χ4v) is 5.70. The maximum Gasteiger partial charge on any atom is 0.175 e. The van der Waals surface area contributed by atoms with Gasteiger partial charge in [-0.1, -0.05) is 101 Å². The topological polar surface area (TPSA) is 25.8 Å². The Labute approximate surface area is 170 Å². The molecule has 0 aliphatic heterocycles. The number of aromatic nitrogens is 2. The molecule has 6 heteroatoms. The summed E-state index contributed by atoms with van der Waals surface area (Å²) in [5.41, 5.74) is 2.57. The second-order valence-electron chi connectivity index (χ2n) is 5.68. The predicted molar refractivity (Wildman–Crippen MR) is 114 cm³/mol. The molecule has 0 unspecified atom stereocenters. The summed E-state index contributed by atoms with van der Waals surface area (Å²) >= 11 is 11.0. The molecule has 0 fully saturated rings. The summed E-state index contributed by atoms with van der Waals surface area (Å²) < 4.78 is 2.01. The van der Waals surface area contributed by atoms with Crippen LogP contribution in [0.1, 0.15) is 11.1 Å². The van der Waals surface area contributed by atoms with E-state index in [0.717, 1.165) is 25.2 Å². The van der Waals surface area contributed by atoms with E-state index in [1.165, 1.54) is 21.9 Å². The maximum atomic E-state index is 5.92. The molecule has 0 bridgehead atoms. The molecular formula is C20H15ClN2S3. The smallest absolute Gasteiger partial charge is 0.131 e. The minimum atomic E-state index is 0.766. The van der Waals surface area contributed by atoms with Gasteiger partial charge in [-0.05, 0) is 34.0 Å². The first-order chi connectivity index (χ1) is 12.8. The van der Waals surface area contributed by atoms with Crippen LogP contribution < -0.4 is 0 Å². The van der Waals surface area contributed by atoms with Gasteiger partial charge < -0.3 is 0 Å². The van der Waals surface area contributed by atoms with E-state index in [1.54, 1.807) is 34.9 Å². The van der Waals surface area contributed by atoms with E-state index in [1.807, 2.05) is 24.3 Å². The summed E-state index contributed by atoms with van der Waals surface area (Å²) in [5, 5.41) is 12.0. The molecular weight excluding hydrogens is 400 g/mol. The number of halogens is 1. The van der Waals surface area contributed by atoms with Gasteiger partial charge in [0.05, 0.1) is 0 Å². The van der Waals surface area contributed by atoms with Gasteiger partial charge in [-0.15, -0.1) is 10.2 Å². The highest BCUT2D eigenvalue weighted by Gasteiger charge is 2.08. The average molecular weight is 415 g/mol. The van der Waals surface area contributed by atoms with Crippen LogP contribution >= 0.6 is 46.5 Å². The highest BCUT2D eigenvalue weighted by atomic mass is 35.5. The highest BCUT2D eigenvalue weighted by molar-refractivity contribution is 8.02. The molecule has 0 N–H and O–H groups in total. The van der Waals surface area contributed by atoms with Gasteiger partial charge in [-0.2, -0.15) is 0 Å². The van der Waals surface area contributed by atoms with Crippen LogP contribution in [-0.2, 0) is 11.5 Å². The zero-order valence-corrected chi connectivity index (χ0v) is 17.0. The largest absolute Gasteiger partial charge is 0.175 e. The lowest BCUT2D eigenvalue weighted by Crippen LogP contribution is -1.83. The van der Waals surface area contributed by atoms with Gasteiger partial charge in [0.25, 0.3) is 0 Å². The van der Waals surface area contributed by atoms with E-state index in [-0.39, 0.29) is 0 Å². The molecule has 0 saturated carbocycles. The van der Waals surface area contributed by atoms with Gasteiger partial charge in [0, 0.05) is 16.5 Å². The van der Waals surface area contributed by atoms with Crippen LogP contribution in [0.3, 0.4) is 0 Å². The SMILES string of the molecule is Clc1ccc(CSc2nnc(SCc3cccc4ccccc34)s2)cc1. The van der Waals surface area contributed by atoms with Crippen LogP contribution in [0.4, 0.5) is 0 Å². The molecule has 2 nitrogen and oxygen atoms in total. The zero-order chi connectivity index (χ0) is 17.8. The number of hydrogen-bond donors (Lipinski definition) is 0. The summed E-state index contributed by atoms with van der Waals surface area (Å²) in [6, 6.07) is 22.9. The Morgan fingerprint density at radius 2 is 1.46 bits per heavy atom. The van der Waals surface area contributed by atoms with Crippen molar-refractivity contribution >= 4 is 57.2 Å². The van der Waals surface area contributed by atoms with E-state index in [0.29, 0.717) is 0 Å². The molecule has 0 atom stereocenters. The fourth-order valence-electron chi connectivity index (χ4n) is 2.60. The summed E-state index contributed by atoms with van der Waals surface area (Å²) in [7, 11) is 0. The van der Waals surface area contributed by atoms with Crippen molar-refractivity contribution in [3.05, 3.63) is 82.9 Å². The molecule has 0 saturated heterocycles. The third kappa shape index (κ3) is 4.41. The second kappa shape index (κ2) is 8.44. The van der Waals surface area contributed by atoms with Crippen molar-refractivity contribution in [1.29, 1.82) is 0 Å². The Bertz CT molecular complexity index is 1010. The molecule has 130 valence electrons. The van der Waals surface area contributed by atoms with Crippen LogP contribution in [0, 0.1) is 0 Å². The standard InChI is InChI=1S/C20H15ClN2S3/c21-17-10-8-14(9-11-17)12-24-19-22-23-20(26-19)25-13-16-6-3-5-15-4-1-2-7-18(15)16/h1-11H,12-13H2. The fraction of sp³-hybridized carbons (Fsp3) is 0.100. The van der Waals surface area contributed by atoms with E-state index < -0.39 is 0 Å². The van der Waals surface area contributed by atoms with Gasteiger partial charge in [-0.25, -0.2) is 0 Å². The monoisotopic (exact) mass is 414 g/mol. The number of thioether (sulfide) groups is 2. The van der Waals surface area contributed by atoms with Crippen molar-refractivity contribution in [3.8, 4) is 0 Å². The molecule has 0 radical (unpaired) electrons. The van der Waals surface area contributed by atoms with E-state index >= 15 is 0 Å². The molecule has 0 aliphatic rings. The maximum absolute atomic E-state index is 5.92. The normalized spacial score (nSPS) is 11.1. The molecule has 1 heterocycles. The summed E-state index contributed by atoms with van der Waals surface area (Å²) in [4.78, 5) is 0. The number of rotatable bonds is 6. The molecule has 3 aromatic carbocycles. The molecule has 4 aromatic rings. The molecule has 0 amide bonds. The molecule has 1 aromatic heterocycles. The summed E-state index contributed by atoms with van der Waals surface area (Å²) in [6.07, 6.45) is 0. The highest BCUT2D eigenvalue weighted by Crippen LogP contribution is 2.33. The Morgan fingerprint density at radius 1 is 0.769 bits per heavy atom. The number of hydrogen-bond acceptors (Lipinski definition) is 5. The van der Waals surface area contributed by atoms with Crippen LogP contribution in [0.15, 0.2) is 75.4 Å². The number of benzene rings is 3. The Hall–Kier alpha value is -1.53. The predicted octanol–water partition coefficient (Wildman–Crippen LogP) is 6.93. The molecule has 0 aliphatic carbocycles. The second-order valence-corrected chi connectivity index (χ2v) is 9.53. The van der Waals surface area contributed by atoms with Crippen molar-refractivity contribution in [1.82, 2.24) is 10.2 Å². The minimum absolute atomic E-state index is 0.766. The van der Waals surface area contributed by atoms with Crippen molar-refractivity contribution in [3.63, 3.8) is 0 Å². The molecule has 26 heavy (non-hydrogen) atoms. The van der Waals surface area contributed by atoms with Gasteiger partial charge in [-0.3, -0.25) is 0 Å². The summed E-state index contributed by atoms with van der Waals surface area (Å²) in [5.74, 6) is 1.78. The van der Waals surface area contributed by atoms with Gasteiger partial charge in [0.2, 0.25) is 0 Å². The lowest BCUT2D eigenvalue weighted by molar-refractivity contribution is 0.954. The summed E-state index contributed by atoms with van der Waals surface area (Å²) in [6.45, 7) is 0. The Morgan fingerprint density at radius 3 is 2.27 bits per heavy atom. The minimum Gasteiger partial charge on any atom is -0.131 e. The van der Waals surface area contributed by atoms with Crippen LogP contribution in [0.2, 0.25) is 5.02 Å². The lowest BCUT2D eigenvalue weighted by atomic mass is 10.1. The quantitative estimate of drug-likeness (QED) is 0.319. The van der Waals surface area contributed by atoms with Crippen LogP contribution in [0.5, 0.6) is 0 Å². The van der Waals surface area contributed by atoms with E-state index in [4.69, 9.17) is 11.6 Å². The molecule has 4 rings (SSSR count). The Balaban J connectivity index is 1.38. The van der Waals surface area contributed by atoms with Crippen molar-refractivity contribution in [2.75, 3.05) is 0 Å². The zero-order valence-electron chi connectivity index (χ0n) is 13.8. The van der Waals surface area contributed by atoms with Crippen molar-refractivity contribution in [2.24, 2.45) is 0 Å². The number of nitrogens with zero attached hydrogens (tertiary/aromatic N) is 2. The lowest BCUT2D eigenvalue weighted by Gasteiger charge is -2.04. The first-order valence-corrected chi connectivity index (χ1v) is 11.2. The van der Waals surface area contributed by atoms with E-state index in [9.17, 15) is 0 Å². The van der Waals surface area contributed by atoms with E-state index in [2.05, 4.69) is 52.7 Å². The van der Waals surface area contributed by atoms with Crippen LogP contribution in [0.25, 0.3) is 10.8 Å². The third-order valence-electron chi connectivity index (χ3n) is 3.89. The Kier molecular flexibility index (Phi) is 5.80. The third-order valence-corrected chi connectivity index (χ3v) is 7.46. The van der Waals surface area contributed by atoms with Gasteiger partial charge >= 0.3 is 0 Å².